The molecule has 0 aliphatic carbocycles. The zero-order valence-corrected chi connectivity index (χ0v) is 14.5. The molecule has 0 fully saturated rings. The summed E-state index contributed by atoms with van der Waals surface area (Å²) in [5, 5.41) is 10.5. The highest BCUT2D eigenvalue weighted by molar-refractivity contribution is 5.18. The maximum Gasteiger partial charge on any atom is 0.0802 e. The Morgan fingerprint density at radius 1 is 0.640 bits per heavy atom. The fraction of sp³-hybridized carbons (Fsp3) is 0.217. The Morgan fingerprint density at radius 2 is 1.08 bits per heavy atom. The van der Waals surface area contributed by atoms with Crippen molar-refractivity contribution in [2.45, 2.75) is 25.6 Å². The van der Waals surface area contributed by atoms with E-state index in [2.05, 4.69) is 53.4 Å². The van der Waals surface area contributed by atoms with Crippen molar-refractivity contribution in [3.63, 3.8) is 0 Å². The van der Waals surface area contributed by atoms with Gasteiger partial charge in [0.05, 0.1) is 6.10 Å². The molecule has 0 radical (unpaired) electrons. The second kappa shape index (κ2) is 9.16. The molecule has 0 heterocycles. The third-order valence-corrected chi connectivity index (χ3v) is 4.40. The van der Waals surface area contributed by atoms with Crippen LogP contribution in [0.2, 0.25) is 0 Å². The Kier molecular flexibility index (Phi) is 6.38. The highest BCUT2D eigenvalue weighted by atomic mass is 16.3. The molecule has 3 aromatic rings. The zero-order chi connectivity index (χ0) is 17.3. The largest absolute Gasteiger partial charge is 0.388 e. The lowest BCUT2D eigenvalue weighted by atomic mass is 10.1. The van der Waals surface area contributed by atoms with Gasteiger partial charge in [-0.15, -0.1) is 0 Å². The van der Waals surface area contributed by atoms with Gasteiger partial charge in [-0.25, -0.2) is 0 Å². The third kappa shape index (κ3) is 5.56. The summed E-state index contributed by atoms with van der Waals surface area (Å²) in [5.41, 5.74) is 3.59. The van der Waals surface area contributed by atoms with Crippen LogP contribution in [0.15, 0.2) is 91.0 Å². The maximum atomic E-state index is 10.5. The van der Waals surface area contributed by atoms with E-state index in [1.165, 1.54) is 11.1 Å². The number of aliphatic hydroxyl groups is 1. The minimum Gasteiger partial charge on any atom is -0.388 e. The van der Waals surface area contributed by atoms with Gasteiger partial charge in [0.25, 0.3) is 0 Å². The second-order valence-corrected chi connectivity index (χ2v) is 6.40. The molecule has 2 heteroatoms. The monoisotopic (exact) mass is 331 g/mol. The van der Waals surface area contributed by atoms with E-state index in [1.807, 2.05) is 42.5 Å². The number of nitrogens with zero attached hydrogens (tertiary/aromatic N) is 1. The van der Waals surface area contributed by atoms with Crippen LogP contribution in [0, 0.1) is 0 Å². The van der Waals surface area contributed by atoms with Crippen molar-refractivity contribution in [2.24, 2.45) is 0 Å². The Morgan fingerprint density at radius 3 is 1.56 bits per heavy atom. The fourth-order valence-electron chi connectivity index (χ4n) is 3.04. The van der Waals surface area contributed by atoms with Crippen LogP contribution < -0.4 is 0 Å². The van der Waals surface area contributed by atoms with Gasteiger partial charge in [-0.1, -0.05) is 91.0 Å². The van der Waals surface area contributed by atoms with Crippen molar-refractivity contribution < 1.29 is 5.11 Å². The number of rotatable bonds is 8. The first-order valence-corrected chi connectivity index (χ1v) is 8.84. The van der Waals surface area contributed by atoms with Crippen LogP contribution in [0.4, 0.5) is 0 Å². The van der Waals surface area contributed by atoms with E-state index in [-0.39, 0.29) is 0 Å². The van der Waals surface area contributed by atoms with Gasteiger partial charge in [0.2, 0.25) is 0 Å². The van der Waals surface area contributed by atoms with Crippen molar-refractivity contribution in [3.8, 4) is 0 Å². The van der Waals surface area contributed by atoms with Gasteiger partial charge in [-0.3, -0.25) is 4.90 Å². The van der Waals surface area contributed by atoms with Crippen LogP contribution in [-0.2, 0) is 13.1 Å². The van der Waals surface area contributed by atoms with Gasteiger partial charge in [-0.2, -0.15) is 0 Å². The first-order valence-electron chi connectivity index (χ1n) is 8.84. The molecule has 0 aliphatic heterocycles. The lowest BCUT2D eigenvalue weighted by Gasteiger charge is -2.24. The van der Waals surface area contributed by atoms with Crippen LogP contribution in [0.5, 0.6) is 0 Å². The van der Waals surface area contributed by atoms with Gasteiger partial charge in [0.1, 0.15) is 0 Å². The van der Waals surface area contributed by atoms with Crippen molar-refractivity contribution in [3.05, 3.63) is 108 Å². The Bertz CT molecular complexity index is 686. The smallest absolute Gasteiger partial charge is 0.0802 e. The molecule has 0 spiro atoms. The van der Waals surface area contributed by atoms with Crippen molar-refractivity contribution in [1.82, 2.24) is 4.90 Å². The van der Waals surface area contributed by atoms with E-state index in [4.69, 9.17) is 0 Å². The highest BCUT2D eigenvalue weighted by Gasteiger charge is 2.12. The zero-order valence-electron chi connectivity index (χ0n) is 14.5. The van der Waals surface area contributed by atoms with E-state index >= 15 is 0 Å². The first kappa shape index (κ1) is 17.4. The average Bonchev–Trinajstić information content (AvgIpc) is 2.68. The van der Waals surface area contributed by atoms with Gasteiger partial charge in [0.15, 0.2) is 0 Å². The quantitative estimate of drug-likeness (QED) is 0.640. The highest BCUT2D eigenvalue weighted by Crippen LogP contribution is 2.18. The number of benzene rings is 3. The average molecular weight is 331 g/mol. The van der Waals surface area contributed by atoms with Gasteiger partial charge >= 0.3 is 0 Å². The predicted molar refractivity (Wildman–Crippen MR) is 103 cm³/mol. The summed E-state index contributed by atoms with van der Waals surface area (Å²) in [4.78, 5) is 2.40. The lowest BCUT2D eigenvalue weighted by Crippen LogP contribution is -2.25. The van der Waals surface area contributed by atoms with Crippen LogP contribution in [0.3, 0.4) is 0 Å². The third-order valence-electron chi connectivity index (χ3n) is 4.40. The Labute approximate surface area is 150 Å². The Balaban J connectivity index is 1.65. The summed E-state index contributed by atoms with van der Waals surface area (Å²) < 4.78 is 0. The van der Waals surface area contributed by atoms with E-state index in [0.29, 0.717) is 0 Å². The molecule has 0 aliphatic rings. The van der Waals surface area contributed by atoms with E-state index in [0.717, 1.165) is 31.6 Å². The molecule has 0 amide bonds. The minimum absolute atomic E-state index is 0.421. The summed E-state index contributed by atoms with van der Waals surface area (Å²) >= 11 is 0. The van der Waals surface area contributed by atoms with Crippen molar-refractivity contribution >= 4 is 0 Å². The molecular formula is C23H25NO. The number of hydrogen-bond acceptors (Lipinski definition) is 2. The number of aliphatic hydroxyl groups excluding tert-OH is 1. The van der Waals surface area contributed by atoms with Crippen molar-refractivity contribution in [2.75, 3.05) is 6.54 Å². The topological polar surface area (TPSA) is 23.5 Å². The number of hydrogen-bond donors (Lipinski definition) is 1. The van der Waals surface area contributed by atoms with E-state index in [9.17, 15) is 5.11 Å². The summed E-state index contributed by atoms with van der Waals surface area (Å²) in [5.74, 6) is 0. The van der Waals surface area contributed by atoms with Gasteiger partial charge in [-0.05, 0) is 23.1 Å². The molecule has 1 atom stereocenters. The van der Waals surface area contributed by atoms with Crippen LogP contribution in [0.1, 0.15) is 29.2 Å². The van der Waals surface area contributed by atoms with Gasteiger partial charge < -0.3 is 5.11 Å². The van der Waals surface area contributed by atoms with E-state index < -0.39 is 6.10 Å². The predicted octanol–water partition coefficient (Wildman–Crippen LogP) is 4.81. The molecule has 25 heavy (non-hydrogen) atoms. The van der Waals surface area contributed by atoms with Crippen LogP contribution in [0.25, 0.3) is 0 Å². The molecular weight excluding hydrogens is 306 g/mol. The second-order valence-electron chi connectivity index (χ2n) is 6.40. The molecule has 0 bridgehead atoms. The SMILES string of the molecule is OC(CCN(Cc1ccccc1)Cc1ccccc1)c1ccccc1. The lowest BCUT2D eigenvalue weighted by molar-refractivity contribution is 0.137. The van der Waals surface area contributed by atoms with Crippen molar-refractivity contribution in [1.29, 1.82) is 0 Å². The molecule has 128 valence electrons. The van der Waals surface area contributed by atoms with Crippen LogP contribution in [-0.4, -0.2) is 16.6 Å². The normalized spacial score (nSPS) is 12.2. The fourth-order valence-corrected chi connectivity index (χ4v) is 3.04. The summed E-state index contributed by atoms with van der Waals surface area (Å²) in [6.45, 7) is 2.62. The summed E-state index contributed by atoms with van der Waals surface area (Å²) in [7, 11) is 0. The van der Waals surface area contributed by atoms with Crippen LogP contribution >= 0.6 is 0 Å². The molecule has 1 unspecified atom stereocenters. The minimum atomic E-state index is -0.421. The maximum absolute atomic E-state index is 10.5. The standard InChI is InChI=1S/C23H25NO/c25-23(22-14-8-3-9-15-22)16-17-24(18-20-10-4-1-5-11-20)19-21-12-6-2-7-13-21/h1-15,23,25H,16-19H2. The molecule has 3 rings (SSSR count). The molecule has 0 aromatic heterocycles. The molecule has 0 saturated heterocycles. The molecule has 0 saturated carbocycles. The molecule has 3 aromatic carbocycles. The van der Waals surface area contributed by atoms with Gasteiger partial charge in [0, 0.05) is 19.6 Å². The Hall–Kier alpha value is -2.42. The van der Waals surface area contributed by atoms with E-state index in [1.54, 1.807) is 0 Å². The first-order chi connectivity index (χ1) is 12.3. The summed E-state index contributed by atoms with van der Waals surface area (Å²) in [6.07, 6.45) is 0.305. The molecule has 2 nitrogen and oxygen atoms in total. The summed E-state index contributed by atoms with van der Waals surface area (Å²) in [6, 6.07) is 30.9. The molecule has 1 N–H and O–H groups in total.